The van der Waals surface area contributed by atoms with Crippen LogP contribution in [0.2, 0.25) is 0 Å². The van der Waals surface area contributed by atoms with Gasteiger partial charge < -0.3 is 5.32 Å². The fraction of sp³-hybridized carbons (Fsp3) is 0.833. The van der Waals surface area contributed by atoms with Gasteiger partial charge in [0.2, 0.25) is 0 Å². The number of hydrogen-bond donors (Lipinski definition) is 1. The van der Waals surface area contributed by atoms with Crippen molar-refractivity contribution < 1.29 is 0 Å². The van der Waals surface area contributed by atoms with Gasteiger partial charge in [-0.15, -0.1) is 0 Å². The van der Waals surface area contributed by atoms with Gasteiger partial charge in [0.1, 0.15) is 0 Å². The number of rotatable bonds is 2. The van der Waals surface area contributed by atoms with Crippen molar-refractivity contribution in [1.29, 1.82) is 0 Å². The van der Waals surface area contributed by atoms with Crippen LogP contribution < -0.4 is 5.32 Å². The predicted octanol–water partition coefficient (Wildman–Crippen LogP) is 1.50. The normalized spacial score (nSPS) is 24.6. The number of aliphatic imine (C=N–C) groups is 1. The van der Waals surface area contributed by atoms with E-state index in [0.717, 1.165) is 23.5 Å². The molecule has 0 saturated carbocycles. The standard InChI is InChI=1S/C6H11IN2S/c1-2-8-6-9-4-5(3-7)10-6/h5H,2-4H2,1H3,(H,8,9). The SMILES string of the molecule is CCNC1=NCC(CI)S1. The average molecular weight is 270 g/mol. The Morgan fingerprint density at radius 1 is 1.90 bits per heavy atom. The lowest BCUT2D eigenvalue weighted by atomic mass is 10.5. The molecule has 0 spiro atoms. The van der Waals surface area contributed by atoms with Crippen LogP contribution in [0.1, 0.15) is 6.92 Å². The maximum Gasteiger partial charge on any atom is 0.156 e. The van der Waals surface area contributed by atoms with E-state index in [1.165, 1.54) is 4.43 Å². The number of hydrogen-bond acceptors (Lipinski definition) is 3. The number of nitrogens with zero attached hydrogens (tertiary/aromatic N) is 1. The van der Waals surface area contributed by atoms with Gasteiger partial charge in [-0.3, -0.25) is 4.99 Å². The van der Waals surface area contributed by atoms with Crippen molar-refractivity contribution in [3.05, 3.63) is 0 Å². The summed E-state index contributed by atoms with van der Waals surface area (Å²) in [5, 5.41) is 5.06. The molecule has 0 radical (unpaired) electrons. The summed E-state index contributed by atoms with van der Waals surface area (Å²) in [6, 6.07) is 0. The quantitative estimate of drug-likeness (QED) is 0.607. The zero-order valence-electron chi connectivity index (χ0n) is 5.93. The molecule has 1 atom stereocenters. The molecule has 0 aromatic heterocycles. The minimum Gasteiger partial charge on any atom is -0.365 e. The molecule has 0 aromatic rings. The molecule has 4 heteroatoms. The first kappa shape index (κ1) is 8.64. The summed E-state index contributed by atoms with van der Waals surface area (Å²) in [5.74, 6) is 0. The first-order valence-corrected chi connectivity index (χ1v) is 5.78. The Labute approximate surface area is 79.4 Å². The Balaban J connectivity index is 2.25. The molecular formula is C6H11IN2S. The van der Waals surface area contributed by atoms with E-state index in [2.05, 4.69) is 39.8 Å². The van der Waals surface area contributed by atoms with E-state index in [-0.39, 0.29) is 0 Å². The van der Waals surface area contributed by atoms with E-state index < -0.39 is 0 Å². The van der Waals surface area contributed by atoms with E-state index in [1.54, 1.807) is 0 Å². The van der Waals surface area contributed by atoms with Crippen LogP contribution in [0.4, 0.5) is 0 Å². The molecule has 0 fully saturated rings. The van der Waals surface area contributed by atoms with Crippen molar-refractivity contribution >= 4 is 39.5 Å². The van der Waals surface area contributed by atoms with E-state index in [9.17, 15) is 0 Å². The van der Waals surface area contributed by atoms with Crippen molar-refractivity contribution in [2.45, 2.75) is 12.2 Å². The Kier molecular flexibility index (Phi) is 3.83. The Morgan fingerprint density at radius 2 is 2.70 bits per heavy atom. The number of nitrogens with one attached hydrogen (secondary N) is 1. The van der Waals surface area contributed by atoms with E-state index in [4.69, 9.17) is 0 Å². The van der Waals surface area contributed by atoms with Crippen LogP contribution in [-0.4, -0.2) is 27.9 Å². The molecule has 58 valence electrons. The highest BCUT2D eigenvalue weighted by Crippen LogP contribution is 2.20. The summed E-state index contributed by atoms with van der Waals surface area (Å²) >= 11 is 4.27. The molecule has 0 bridgehead atoms. The largest absolute Gasteiger partial charge is 0.365 e. The molecule has 1 rings (SSSR count). The molecule has 2 nitrogen and oxygen atoms in total. The molecule has 1 unspecified atom stereocenters. The predicted molar refractivity (Wildman–Crippen MR) is 56.2 cm³/mol. The smallest absolute Gasteiger partial charge is 0.156 e. The van der Waals surface area contributed by atoms with Gasteiger partial charge in [-0.05, 0) is 6.92 Å². The highest BCUT2D eigenvalue weighted by molar-refractivity contribution is 14.1. The lowest BCUT2D eigenvalue weighted by molar-refractivity contribution is 0.955. The van der Waals surface area contributed by atoms with Crippen LogP contribution in [0.3, 0.4) is 0 Å². The highest BCUT2D eigenvalue weighted by Gasteiger charge is 2.16. The number of alkyl halides is 1. The van der Waals surface area contributed by atoms with Crippen LogP contribution in [0.5, 0.6) is 0 Å². The van der Waals surface area contributed by atoms with Gasteiger partial charge in [0, 0.05) is 16.2 Å². The van der Waals surface area contributed by atoms with Crippen molar-refractivity contribution in [3.8, 4) is 0 Å². The fourth-order valence-corrected chi connectivity index (χ4v) is 2.47. The van der Waals surface area contributed by atoms with Crippen LogP contribution in [0, 0.1) is 0 Å². The van der Waals surface area contributed by atoms with E-state index >= 15 is 0 Å². The zero-order chi connectivity index (χ0) is 7.40. The summed E-state index contributed by atoms with van der Waals surface area (Å²) in [6.07, 6.45) is 0. The van der Waals surface area contributed by atoms with Gasteiger partial charge in [0.05, 0.1) is 6.54 Å². The maximum atomic E-state index is 4.34. The first-order valence-electron chi connectivity index (χ1n) is 3.37. The lowest BCUT2D eigenvalue weighted by Crippen LogP contribution is -2.18. The van der Waals surface area contributed by atoms with Crippen LogP contribution >= 0.6 is 34.4 Å². The number of halogens is 1. The number of thioether (sulfide) groups is 1. The Bertz CT molecular complexity index is 138. The highest BCUT2D eigenvalue weighted by atomic mass is 127. The summed E-state index contributed by atoms with van der Waals surface area (Å²) < 4.78 is 1.20. The molecule has 0 amide bonds. The van der Waals surface area contributed by atoms with Crippen LogP contribution in [-0.2, 0) is 0 Å². The second-order valence-electron chi connectivity index (χ2n) is 2.07. The molecule has 1 N–H and O–H groups in total. The monoisotopic (exact) mass is 270 g/mol. The zero-order valence-corrected chi connectivity index (χ0v) is 8.91. The molecule has 1 aliphatic rings. The average Bonchev–Trinajstić information content (AvgIpc) is 2.37. The first-order chi connectivity index (χ1) is 4.86. The molecule has 0 aliphatic carbocycles. The van der Waals surface area contributed by atoms with Gasteiger partial charge in [0.15, 0.2) is 5.17 Å². The minimum atomic E-state index is 0.717. The topological polar surface area (TPSA) is 24.4 Å². The third-order valence-electron chi connectivity index (χ3n) is 1.22. The molecule has 1 aliphatic heterocycles. The van der Waals surface area contributed by atoms with Crippen molar-refractivity contribution in [2.24, 2.45) is 4.99 Å². The van der Waals surface area contributed by atoms with Gasteiger partial charge in [-0.2, -0.15) is 0 Å². The van der Waals surface area contributed by atoms with E-state index in [1.807, 2.05) is 11.8 Å². The third kappa shape index (κ3) is 2.30. The molecule has 0 aromatic carbocycles. The summed E-state index contributed by atoms with van der Waals surface area (Å²) in [5.41, 5.74) is 0. The summed E-state index contributed by atoms with van der Waals surface area (Å²) in [6.45, 7) is 4.08. The molecular weight excluding hydrogens is 259 g/mol. The Morgan fingerprint density at radius 3 is 3.20 bits per heavy atom. The lowest BCUT2D eigenvalue weighted by Gasteiger charge is -2.02. The van der Waals surface area contributed by atoms with Crippen molar-refractivity contribution in [1.82, 2.24) is 5.32 Å². The van der Waals surface area contributed by atoms with Gasteiger partial charge in [-0.25, -0.2) is 0 Å². The third-order valence-corrected chi connectivity index (χ3v) is 4.02. The summed E-state index contributed by atoms with van der Waals surface area (Å²) in [7, 11) is 0. The van der Waals surface area contributed by atoms with Crippen LogP contribution in [0.15, 0.2) is 4.99 Å². The summed E-state index contributed by atoms with van der Waals surface area (Å²) in [4.78, 5) is 4.34. The molecule has 0 saturated heterocycles. The minimum absolute atomic E-state index is 0.717. The van der Waals surface area contributed by atoms with Crippen molar-refractivity contribution in [2.75, 3.05) is 17.5 Å². The van der Waals surface area contributed by atoms with Crippen molar-refractivity contribution in [3.63, 3.8) is 0 Å². The van der Waals surface area contributed by atoms with E-state index in [0.29, 0.717) is 0 Å². The van der Waals surface area contributed by atoms with Gasteiger partial charge in [0.25, 0.3) is 0 Å². The van der Waals surface area contributed by atoms with Crippen LogP contribution in [0.25, 0.3) is 0 Å². The van der Waals surface area contributed by atoms with Gasteiger partial charge >= 0.3 is 0 Å². The maximum absolute atomic E-state index is 4.34. The fourth-order valence-electron chi connectivity index (χ4n) is 0.746. The van der Waals surface area contributed by atoms with Gasteiger partial charge in [-0.1, -0.05) is 34.4 Å². The number of amidine groups is 1. The molecule has 10 heavy (non-hydrogen) atoms. The molecule has 1 heterocycles. The Hall–Kier alpha value is 0.550. The second-order valence-corrected chi connectivity index (χ2v) is 4.24. The second kappa shape index (κ2) is 4.43.